The average Bonchev–Trinajstić information content (AvgIpc) is 3.27. The Morgan fingerprint density at radius 2 is 1.77 bits per heavy atom. The second-order valence-electron chi connectivity index (χ2n) is 7.45. The zero-order chi connectivity index (χ0) is 20.5. The minimum absolute atomic E-state index is 0.0557. The number of benzene rings is 2. The molecular weight excluding hydrogens is 381 g/mol. The molecule has 4 aromatic rings. The van der Waals surface area contributed by atoms with Gasteiger partial charge in [0.15, 0.2) is 5.82 Å². The maximum atomic E-state index is 13.8. The van der Waals surface area contributed by atoms with Crippen LogP contribution in [0, 0.1) is 5.82 Å². The van der Waals surface area contributed by atoms with Gasteiger partial charge >= 0.3 is 6.03 Å². The van der Waals surface area contributed by atoms with Crippen LogP contribution in [0.3, 0.4) is 0 Å². The van der Waals surface area contributed by atoms with Crippen LogP contribution in [0.4, 0.5) is 15.0 Å². The Kier molecular flexibility index (Phi) is 4.71. The molecule has 2 aromatic heterocycles. The number of hydrogen-bond donors (Lipinski definition) is 1. The highest BCUT2D eigenvalue weighted by molar-refractivity contribution is 5.85. The van der Waals surface area contributed by atoms with Gasteiger partial charge in [-0.05, 0) is 29.8 Å². The van der Waals surface area contributed by atoms with E-state index in [-0.39, 0.29) is 11.8 Å². The summed E-state index contributed by atoms with van der Waals surface area (Å²) >= 11 is 0. The summed E-state index contributed by atoms with van der Waals surface area (Å²) in [6.45, 7) is 3.08. The molecule has 2 amide bonds. The molecule has 5 rings (SSSR count). The molecule has 0 unspecified atom stereocenters. The molecule has 0 spiro atoms. The Balaban J connectivity index is 1.31. The monoisotopic (exact) mass is 403 g/mol. The van der Waals surface area contributed by atoms with E-state index in [0.717, 1.165) is 22.4 Å². The number of hydrogen-bond acceptors (Lipinski definition) is 3. The van der Waals surface area contributed by atoms with Gasteiger partial charge in [-0.25, -0.2) is 14.2 Å². The van der Waals surface area contributed by atoms with Gasteiger partial charge in [0.25, 0.3) is 0 Å². The van der Waals surface area contributed by atoms with Gasteiger partial charge in [0, 0.05) is 45.0 Å². The van der Waals surface area contributed by atoms with Crippen molar-refractivity contribution in [3.63, 3.8) is 0 Å². The summed E-state index contributed by atoms with van der Waals surface area (Å²) in [5.41, 5.74) is 3.56. The summed E-state index contributed by atoms with van der Waals surface area (Å²) in [6, 6.07) is 18.5. The molecular formula is C23H22FN5O. The minimum Gasteiger partial charge on any atom is -0.351 e. The van der Waals surface area contributed by atoms with Crippen molar-refractivity contribution >= 4 is 28.4 Å². The number of nitrogens with zero attached hydrogens (tertiary/aromatic N) is 4. The molecule has 1 aliphatic heterocycles. The smallest absolute Gasteiger partial charge is 0.317 e. The van der Waals surface area contributed by atoms with Crippen LogP contribution < -0.4 is 10.2 Å². The number of anilines is 1. The lowest BCUT2D eigenvalue weighted by molar-refractivity contribution is 0.194. The van der Waals surface area contributed by atoms with Gasteiger partial charge < -0.3 is 19.5 Å². The van der Waals surface area contributed by atoms with Crippen LogP contribution in [0.5, 0.6) is 0 Å². The fourth-order valence-corrected chi connectivity index (χ4v) is 3.97. The Morgan fingerprint density at radius 3 is 2.57 bits per heavy atom. The highest BCUT2D eigenvalue weighted by Crippen LogP contribution is 2.26. The van der Waals surface area contributed by atoms with Gasteiger partial charge in [0.2, 0.25) is 0 Å². The van der Waals surface area contributed by atoms with Crippen molar-refractivity contribution < 1.29 is 9.18 Å². The molecule has 2 aromatic carbocycles. The SMILES string of the molecule is O=C(NCc1ccccc1)N1CCN(c2nc3cc(F)ccc3n3cccc23)CC1. The van der Waals surface area contributed by atoms with Gasteiger partial charge in [-0.1, -0.05) is 30.3 Å². The predicted molar refractivity (Wildman–Crippen MR) is 115 cm³/mol. The molecule has 0 saturated carbocycles. The second-order valence-corrected chi connectivity index (χ2v) is 7.45. The molecule has 1 fully saturated rings. The van der Waals surface area contributed by atoms with E-state index in [9.17, 15) is 9.18 Å². The molecule has 1 N–H and O–H groups in total. The number of aromatic nitrogens is 2. The first kappa shape index (κ1) is 18.4. The van der Waals surface area contributed by atoms with E-state index < -0.39 is 0 Å². The Labute approximate surface area is 173 Å². The second kappa shape index (κ2) is 7.67. The van der Waals surface area contributed by atoms with Crippen LogP contribution in [0.1, 0.15) is 5.56 Å². The Morgan fingerprint density at radius 1 is 0.967 bits per heavy atom. The van der Waals surface area contributed by atoms with E-state index in [0.29, 0.717) is 38.2 Å². The third kappa shape index (κ3) is 3.43. The Hall–Kier alpha value is -3.61. The van der Waals surface area contributed by atoms with E-state index in [2.05, 4.69) is 10.2 Å². The molecule has 0 atom stereocenters. The number of carbonyl (C=O) groups is 1. The third-order valence-corrected chi connectivity index (χ3v) is 5.55. The summed E-state index contributed by atoms with van der Waals surface area (Å²) in [4.78, 5) is 21.3. The molecule has 30 heavy (non-hydrogen) atoms. The fraction of sp³-hybridized carbons (Fsp3) is 0.217. The lowest BCUT2D eigenvalue weighted by Crippen LogP contribution is -2.52. The van der Waals surface area contributed by atoms with Crippen LogP contribution in [-0.2, 0) is 6.54 Å². The van der Waals surface area contributed by atoms with Gasteiger partial charge in [-0.2, -0.15) is 0 Å². The first-order chi connectivity index (χ1) is 14.7. The summed E-state index contributed by atoms with van der Waals surface area (Å²) in [5, 5.41) is 2.99. The summed E-state index contributed by atoms with van der Waals surface area (Å²) in [7, 11) is 0. The number of carbonyl (C=O) groups excluding carboxylic acids is 1. The van der Waals surface area contributed by atoms with Crippen LogP contribution in [0.25, 0.3) is 16.6 Å². The van der Waals surface area contributed by atoms with E-state index in [1.54, 1.807) is 6.07 Å². The number of fused-ring (bicyclic) bond motifs is 3. The zero-order valence-corrected chi connectivity index (χ0v) is 16.5. The lowest BCUT2D eigenvalue weighted by atomic mass is 10.2. The number of halogens is 1. The van der Waals surface area contributed by atoms with E-state index in [1.807, 2.05) is 58.0 Å². The predicted octanol–water partition coefficient (Wildman–Crippen LogP) is 3.66. The maximum absolute atomic E-state index is 13.8. The molecule has 6 nitrogen and oxygen atoms in total. The Bertz CT molecular complexity index is 1200. The van der Waals surface area contributed by atoms with E-state index >= 15 is 0 Å². The van der Waals surface area contributed by atoms with Crippen molar-refractivity contribution in [1.29, 1.82) is 0 Å². The number of nitrogens with one attached hydrogen (secondary N) is 1. The van der Waals surface area contributed by atoms with Crippen LogP contribution in [0.2, 0.25) is 0 Å². The summed E-state index contributed by atoms with van der Waals surface area (Å²) in [6.07, 6.45) is 1.97. The molecule has 0 aliphatic carbocycles. The van der Waals surface area contributed by atoms with Crippen molar-refractivity contribution in [2.24, 2.45) is 0 Å². The number of rotatable bonds is 3. The summed E-state index contributed by atoms with van der Waals surface area (Å²) < 4.78 is 15.8. The fourth-order valence-electron chi connectivity index (χ4n) is 3.97. The minimum atomic E-state index is -0.299. The highest BCUT2D eigenvalue weighted by atomic mass is 19.1. The molecule has 0 radical (unpaired) electrons. The quantitative estimate of drug-likeness (QED) is 0.568. The largest absolute Gasteiger partial charge is 0.351 e. The van der Waals surface area contributed by atoms with Crippen LogP contribution >= 0.6 is 0 Å². The number of urea groups is 1. The number of amides is 2. The van der Waals surface area contributed by atoms with Crippen LogP contribution in [-0.4, -0.2) is 46.5 Å². The van der Waals surface area contributed by atoms with Crippen LogP contribution in [0.15, 0.2) is 66.9 Å². The van der Waals surface area contributed by atoms with Gasteiger partial charge in [-0.3, -0.25) is 0 Å². The van der Waals surface area contributed by atoms with Crippen molar-refractivity contribution in [3.8, 4) is 0 Å². The standard InChI is InChI=1S/C23H22FN5O/c24-18-8-9-20-19(15-18)26-22(21-7-4-10-29(20)21)27-11-13-28(14-12-27)23(30)25-16-17-5-2-1-3-6-17/h1-10,15H,11-14,16H2,(H,25,30). The highest BCUT2D eigenvalue weighted by Gasteiger charge is 2.23. The molecule has 1 saturated heterocycles. The van der Waals surface area contributed by atoms with E-state index in [4.69, 9.17) is 4.98 Å². The van der Waals surface area contributed by atoms with Gasteiger partial charge in [0.05, 0.1) is 16.6 Å². The molecule has 3 heterocycles. The zero-order valence-electron chi connectivity index (χ0n) is 16.5. The lowest BCUT2D eigenvalue weighted by Gasteiger charge is -2.35. The van der Waals surface area contributed by atoms with Gasteiger partial charge in [0.1, 0.15) is 5.82 Å². The molecule has 152 valence electrons. The van der Waals surface area contributed by atoms with Crippen molar-refractivity contribution in [2.75, 3.05) is 31.1 Å². The van der Waals surface area contributed by atoms with Crippen molar-refractivity contribution in [1.82, 2.24) is 19.6 Å². The van der Waals surface area contributed by atoms with Crippen molar-refractivity contribution in [2.45, 2.75) is 6.54 Å². The first-order valence-electron chi connectivity index (χ1n) is 10.1. The van der Waals surface area contributed by atoms with E-state index in [1.165, 1.54) is 12.1 Å². The van der Waals surface area contributed by atoms with Crippen molar-refractivity contribution in [3.05, 3.63) is 78.2 Å². The summed E-state index contributed by atoms with van der Waals surface area (Å²) in [5.74, 6) is 0.523. The molecule has 1 aliphatic rings. The molecule has 7 heteroatoms. The molecule has 0 bridgehead atoms. The average molecular weight is 403 g/mol. The number of piperazine rings is 1. The van der Waals surface area contributed by atoms with Gasteiger partial charge in [-0.15, -0.1) is 0 Å². The topological polar surface area (TPSA) is 52.9 Å². The maximum Gasteiger partial charge on any atom is 0.317 e. The first-order valence-corrected chi connectivity index (χ1v) is 10.1. The normalized spacial score (nSPS) is 14.4. The third-order valence-electron chi connectivity index (χ3n) is 5.55.